The molecule has 2 heterocycles. The third-order valence-corrected chi connectivity index (χ3v) is 4.99. The van der Waals surface area contributed by atoms with E-state index in [2.05, 4.69) is 15.5 Å². The predicted octanol–water partition coefficient (Wildman–Crippen LogP) is 4.95. The number of hydrogen-bond donors (Lipinski definition) is 1. The zero-order chi connectivity index (χ0) is 14.0. The zero-order valence-corrected chi connectivity index (χ0v) is 12.6. The number of nitrogens with zero attached hydrogens (tertiary/aromatic N) is 3. The molecule has 0 saturated heterocycles. The minimum absolute atomic E-state index is 0.275. The van der Waals surface area contributed by atoms with Crippen LogP contribution in [0.4, 0.5) is 0 Å². The summed E-state index contributed by atoms with van der Waals surface area (Å²) in [6.45, 7) is 0. The average Bonchev–Trinajstić information content (AvgIpc) is 2.48. The molecule has 0 radical (unpaired) electrons. The van der Waals surface area contributed by atoms with Crippen LogP contribution >= 0.6 is 46.4 Å². The molecule has 2 aliphatic heterocycles. The molecule has 0 aromatic heterocycles. The number of aromatic amines is 1. The number of halogens is 4. The van der Waals surface area contributed by atoms with E-state index in [1.807, 2.05) is 18.2 Å². The summed E-state index contributed by atoms with van der Waals surface area (Å²) in [5, 5.41) is 14.4. The van der Waals surface area contributed by atoms with Crippen LogP contribution in [0.3, 0.4) is 0 Å². The van der Waals surface area contributed by atoms with E-state index in [9.17, 15) is 0 Å². The maximum absolute atomic E-state index is 6.34. The van der Waals surface area contributed by atoms with Crippen LogP contribution in [0.2, 0.25) is 20.2 Å². The molecular formula is C12H4Cl4N4. The lowest BCUT2D eigenvalue weighted by Gasteiger charge is -2.20. The van der Waals surface area contributed by atoms with Gasteiger partial charge in [0.15, 0.2) is 5.15 Å². The summed E-state index contributed by atoms with van der Waals surface area (Å²) in [5.74, 6) is 0. The Labute approximate surface area is 132 Å². The summed E-state index contributed by atoms with van der Waals surface area (Å²) in [4.78, 5) is 0. The minimum atomic E-state index is 0.275. The Morgan fingerprint density at radius 2 is 1.65 bits per heavy atom. The fourth-order valence-corrected chi connectivity index (χ4v) is 3.39. The molecule has 0 atom stereocenters. The average molecular weight is 346 g/mol. The van der Waals surface area contributed by atoms with Gasteiger partial charge in [0, 0.05) is 16.2 Å². The van der Waals surface area contributed by atoms with E-state index in [1.54, 1.807) is 0 Å². The molecule has 0 saturated carbocycles. The Morgan fingerprint density at radius 3 is 2.40 bits per heavy atom. The first-order valence-electron chi connectivity index (χ1n) is 5.57. The second kappa shape index (κ2) is 4.15. The SMILES string of the molecule is Clc1c(Cl)c2cccc3c(Cl)c(Cl)n4nn[nH]c1c-4c23. The fourth-order valence-electron chi connectivity index (χ4n) is 2.45. The van der Waals surface area contributed by atoms with Gasteiger partial charge in [-0.05, 0) is 5.21 Å². The Hall–Kier alpha value is -1.20. The summed E-state index contributed by atoms with van der Waals surface area (Å²) >= 11 is 25.2. The molecule has 0 aliphatic carbocycles. The van der Waals surface area contributed by atoms with Crippen molar-refractivity contribution in [2.45, 2.75) is 0 Å². The van der Waals surface area contributed by atoms with Gasteiger partial charge in [0.1, 0.15) is 11.2 Å². The Morgan fingerprint density at radius 1 is 0.950 bits per heavy atom. The first-order chi connectivity index (χ1) is 9.61. The molecule has 1 N–H and O–H groups in total. The van der Waals surface area contributed by atoms with E-state index < -0.39 is 0 Å². The highest BCUT2D eigenvalue weighted by molar-refractivity contribution is 6.50. The standard InChI is InChI=1S/C12H4Cl4N4/c13-7-4-2-1-3-5-6(4)11-10(9(7)15)17-18-19-20(11)12(16)8(5)14/h1-3H,(H,17,19). The van der Waals surface area contributed by atoms with E-state index >= 15 is 0 Å². The summed E-state index contributed by atoms with van der Waals surface area (Å²) in [6.07, 6.45) is 0. The van der Waals surface area contributed by atoms with Crippen molar-refractivity contribution < 1.29 is 0 Å². The number of nitrogens with one attached hydrogen (secondary N) is 1. The van der Waals surface area contributed by atoms with Crippen LogP contribution in [-0.2, 0) is 0 Å². The molecule has 4 rings (SSSR count). The third kappa shape index (κ3) is 1.40. The first-order valence-corrected chi connectivity index (χ1v) is 7.08. The first kappa shape index (κ1) is 12.5. The summed E-state index contributed by atoms with van der Waals surface area (Å²) < 4.78 is 1.45. The molecule has 0 amide bonds. The molecule has 20 heavy (non-hydrogen) atoms. The van der Waals surface area contributed by atoms with Crippen molar-refractivity contribution in [3.63, 3.8) is 0 Å². The van der Waals surface area contributed by atoms with E-state index in [-0.39, 0.29) is 5.15 Å². The molecule has 0 unspecified atom stereocenters. The van der Waals surface area contributed by atoms with Gasteiger partial charge in [0.05, 0.1) is 15.1 Å². The summed E-state index contributed by atoms with van der Waals surface area (Å²) in [6, 6.07) is 5.60. The van der Waals surface area contributed by atoms with Gasteiger partial charge in [0.25, 0.3) is 0 Å². The lowest BCUT2D eigenvalue weighted by molar-refractivity contribution is 0.693. The van der Waals surface area contributed by atoms with Crippen molar-refractivity contribution >= 4 is 68.1 Å². The van der Waals surface area contributed by atoms with Crippen molar-refractivity contribution in [3.05, 3.63) is 38.4 Å². The third-order valence-electron chi connectivity index (χ3n) is 3.30. The van der Waals surface area contributed by atoms with Crippen molar-refractivity contribution in [3.8, 4) is 5.69 Å². The van der Waals surface area contributed by atoms with E-state index in [0.717, 1.165) is 16.2 Å². The van der Waals surface area contributed by atoms with Crippen molar-refractivity contribution in [2.24, 2.45) is 0 Å². The monoisotopic (exact) mass is 344 g/mol. The number of benzene rings is 2. The van der Waals surface area contributed by atoms with Crippen LogP contribution in [-0.4, -0.2) is 20.2 Å². The minimum Gasteiger partial charge on any atom is -0.255 e. The molecule has 100 valence electrons. The molecule has 8 heteroatoms. The van der Waals surface area contributed by atoms with Gasteiger partial charge in [-0.25, -0.2) is 0 Å². The highest BCUT2D eigenvalue weighted by atomic mass is 35.5. The van der Waals surface area contributed by atoms with Gasteiger partial charge in [-0.3, -0.25) is 5.10 Å². The molecule has 0 spiro atoms. The molecule has 2 aromatic rings. The normalized spacial score (nSPS) is 12.0. The number of aromatic nitrogens is 4. The van der Waals surface area contributed by atoms with Gasteiger partial charge < -0.3 is 0 Å². The van der Waals surface area contributed by atoms with E-state index in [4.69, 9.17) is 46.4 Å². The topological polar surface area (TPSA) is 46.5 Å². The van der Waals surface area contributed by atoms with Crippen molar-refractivity contribution in [1.82, 2.24) is 20.2 Å². The number of H-pyrrole nitrogens is 1. The highest BCUT2D eigenvalue weighted by Gasteiger charge is 2.24. The smallest absolute Gasteiger partial charge is 0.152 e. The molecule has 2 aromatic carbocycles. The largest absolute Gasteiger partial charge is 0.255 e. The van der Waals surface area contributed by atoms with Crippen LogP contribution in [0.15, 0.2) is 18.2 Å². The van der Waals surface area contributed by atoms with E-state index in [0.29, 0.717) is 26.3 Å². The van der Waals surface area contributed by atoms with Crippen LogP contribution in [0, 0.1) is 0 Å². The summed E-state index contributed by atoms with van der Waals surface area (Å²) in [5.41, 5.74) is 1.27. The van der Waals surface area contributed by atoms with E-state index in [1.165, 1.54) is 4.68 Å². The Balaban J connectivity index is 2.49. The predicted molar refractivity (Wildman–Crippen MR) is 81.9 cm³/mol. The van der Waals surface area contributed by atoms with Crippen LogP contribution in [0.5, 0.6) is 0 Å². The zero-order valence-electron chi connectivity index (χ0n) is 9.59. The van der Waals surface area contributed by atoms with Crippen LogP contribution < -0.4 is 0 Å². The van der Waals surface area contributed by atoms with Gasteiger partial charge in [-0.15, -0.1) is 0 Å². The van der Waals surface area contributed by atoms with Gasteiger partial charge in [-0.1, -0.05) is 69.8 Å². The number of pyridine rings is 1. The second-order valence-corrected chi connectivity index (χ2v) is 5.79. The molecule has 0 bridgehead atoms. The molecule has 4 nitrogen and oxygen atoms in total. The lowest BCUT2D eigenvalue weighted by atomic mass is 10.0. The lowest BCUT2D eigenvalue weighted by Crippen LogP contribution is -2.11. The van der Waals surface area contributed by atoms with Crippen molar-refractivity contribution in [2.75, 3.05) is 0 Å². The maximum Gasteiger partial charge on any atom is 0.152 e. The van der Waals surface area contributed by atoms with Crippen molar-refractivity contribution in [1.29, 1.82) is 0 Å². The summed E-state index contributed by atoms with van der Waals surface area (Å²) in [7, 11) is 0. The van der Waals surface area contributed by atoms with Gasteiger partial charge in [0.2, 0.25) is 0 Å². The number of hydrogen-bond acceptors (Lipinski definition) is 2. The highest BCUT2D eigenvalue weighted by Crippen LogP contribution is 2.45. The molecule has 0 fully saturated rings. The Kier molecular flexibility index (Phi) is 2.60. The van der Waals surface area contributed by atoms with Gasteiger partial charge in [-0.2, -0.15) is 4.68 Å². The second-order valence-electron chi connectivity index (χ2n) is 4.30. The molecular weight excluding hydrogens is 342 g/mol. The van der Waals surface area contributed by atoms with Crippen LogP contribution in [0.1, 0.15) is 0 Å². The Bertz CT molecular complexity index is 955. The molecule has 2 aliphatic rings. The van der Waals surface area contributed by atoms with Crippen LogP contribution in [0.25, 0.3) is 27.4 Å². The fraction of sp³-hybridized carbons (Fsp3) is 0. The quantitative estimate of drug-likeness (QED) is 0.362. The number of rotatable bonds is 0. The maximum atomic E-state index is 6.34. The van der Waals surface area contributed by atoms with Gasteiger partial charge >= 0.3 is 0 Å².